The molecule has 110 valence electrons. The van der Waals surface area contributed by atoms with E-state index in [0.29, 0.717) is 11.4 Å². The second-order valence-corrected chi connectivity index (χ2v) is 5.02. The molecule has 1 aromatic rings. The predicted molar refractivity (Wildman–Crippen MR) is 76.1 cm³/mol. The average Bonchev–Trinajstić information content (AvgIpc) is 2.37. The molecule has 0 aliphatic carbocycles. The Labute approximate surface area is 118 Å². The van der Waals surface area contributed by atoms with Crippen molar-refractivity contribution in [3.05, 3.63) is 24.3 Å². The minimum Gasteiger partial charge on any atom is -0.482 e. The van der Waals surface area contributed by atoms with E-state index in [1.165, 1.54) is 0 Å². The third-order valence-corrected chi connectivity index (χ3v) is 2.81. The summed E-state index contributed by atoms with van der Waals surface area (Å²) in [5, 5.41) is 14.0. The summed E-state index contributed by atoms with van der Waals surface area (Å²) in [7, 11) is 0. The van der Waals surface area contributed by atoms with E-state index in [-0.39, 0.29) is 11.6 Å². The number of carbonyl (C=O) groups is 2. The fourth-order valence-corrected chi connectivity index (χ4v) is 1.34. The van der Waals surface area contributed by atoms with E-state index in [0.717, 1.165) is 6.42 Å². The molecule has 0 heterocycles. The summed E-state index contributed by atoms with van der Waals surface area (Å²) in [6, 6.07) is 6.22. The number of ether oxygens (including phenoxy) is 1. The molecule has 1 rings (SSSR count). The van der Waals surface area contributed by atoms with E-state index in [9.17, 15) is 9.59 Å². The van der Waals surface area contributed by atoms with Crippen molar-refractivity contribution in [2.45, 2.75) is 32.7 Å². The lowest BCUT2D eigenvalue weighted by Crippen LogP contribution is -2.45. The van der Waals surface area contributed by atoms with Crippen LogP contribution in [0.25, 0.3) is 0 Å². The van der Waals surface area contributed by atoms with Crippen LogP contribution in [0.1, 0.15) is 27.2 Å². The summed E-state index contributed by atoms with van der Waals surface area (Å²) >= 11 is 0. The van der Waals surface area contributed by atoms with Crippen LogP contribution < -0.4 is 15.4 Å². The van der Waals surface area contributed by atoms with Crippen molar-refractivity contribution in [1.82, 2.24) is 5.32 Å². The number of anilines is 1. The Balaban J connectivity index is 2.53. The van der Waals surface area contributed by atoms with Gasteiger partial charge in [0, 0.05) is 11.2 Å². The zero-order chi connectivity index (χ0) is 15.2. The standard InChI is InChI=1S/C14H20N2O4/c1-4-14(2,3)16-13(19)15-10-5-7-11(8-6-10)20-9-12(17)18/h5-8H,4,9H2,1-3H3,(H,17,18)(H2,15,16,19). The first-order chi connectivity index (χ1) is 9.32. The quantitative estimate of drug-likeness (QED) is 0.747. The molecule has 20 heavy (non-hydrogen) atoms. The van der Waals surface area contributed by atoms with Crippen molar-refractivity contribution in [3.8, 4) is 5.75 Å². The second kappa shape index (κ2) is 6.79. The molecule has 0 bridgehead atoms. The molecule has 0 aromatic heterocycles. The summed E-state index contributed by atoms with van der Waals surface area (Å²) < 4.78 is 5.00. The molecule has 0 saturated carbocycles. The molecule has 2 amide bonds. The van der Waals surface area contributed by atoms with E-state index in [1.54, 1.807) is 24.3 Å². The van der Waals surface area contributed by atoms with Gasteiger partial charge in [0.1, 0.15) is 5.75 Å². The maximum atomic E-state index is 11.8. The highest BCUT2D eigenvalue weighted by Gasteiger charge is 2.17. The molecule has 0 fully saturated rings. The number of amides is 2. The molecule has 0 saturated heterocycles. The highest BCUT2D eigenvalue weighted by molar-refractivity contribution is 5.89. The topological polar surface area (TPSA) is 87.7 Å². The first-order valence-corrected chi connectivity index (χ1v) is 6.36. The third-order valence-electron chi connectivity index (χ3n) is 2.81. The van der Waals surface area contributed by atoms with Crippen LogP contribution in [0.4, 0.5) is 10.5 Å². The Bertz CT molecular complexity index is 469. The smallest absolute Gasteiger partial charge is 0.341 e. The monoisotopic (exact) mass is 280 g/mol. The fraction of sp³-hybridized carbons (Fsp3) is 0.429. The Morgan fingerprint density at radius 1 is 1.25 bits per heavy atom. The zero-order valence-corrected chi connectivity index (χ0v) is 11.9. The van der Waals surface area contributed by atoms with Crippen LogP contribution in [-0.4, -0.2) is 29.3 Å². The first-order valence-electron chi connectivity index (χ1n) is 6.36. The van der Waals surface area contributed by atoms with Gasteiger partial charge in [-0.25, -0.2) is 9.59 Å². The van der Waals surface area contributed by atoms with E-state index < -0.39 is 12.6 Å². The van der Waals surface area contributed by atoms with Crippen LogP contribution in [0.5, 0.6) is 5.75 Å². The fourth-order valence-electron chi connectivity index (χ4n) is 1.34. The third kappa shape index (κ3) is 5.60. The molecule has 0 atom stereocenters. The molecule has 0 unspecified atom stereocenters. The number of urea groups is 1. The molecule has 0 spiro atoms. The summed E-state index contributed by atoms with van der Waals surface area (Å²) in [4.78, 5) is 22.1. The lowest BCUT2D eigenvalue weighted by molar-refractivity contribution is -0.139. The number of rotatable bonds is 6. The maximum absolute atomic E-state index is 11.8. The minimum atomic E-state index is -1.03. The molecular formula is C14H20N2O4. The lowest BCUT2D eigenvalue weighted by atomic mass is 10.0. The summed E-state index contributed by atoms with van der Waals surface area (Å²) in [5.74, 6) is -0.597. The minimum absolute atomic E-state index is 0.269. The van der Waals surface area contributed by atoms with Gasteiger partial charge in [-0.15, -0.1) is 0 Å². The summed E-state index contributed by atoms with van der Waals surface area (Å²) in [6.07, 6.45) is 0.822. The number of hydrogen-bond acceptors (Lipinski definition) is 3. The van der Waals surface area contributed by atoms with Crippen LogP contribution in [0, 0.1) is 0 Å². The van der Waals surface area contributed by atoms with Gasteiger partial charge in [0.2, 0.25) is 0 Å². The number of nitrogens with one attached hydrogen (secondary N) is 2. The van der Waals surface area contributed by atoms with Gasteiger partial charge in [-0.05, 0) is 44.5 Å². The van der Waals surface area contributed by atoms with Crippen LogP contribution in [0.2, 0.25) is 0 Å². The Hall–Kier alpha value is -2.24. The zero-order valence-electron chi connectivity index (χ0n) is 11.9. The molecule has 1 aromatic carbocycles. The van der Waals surface area contributed by atoms with Crippen molar-refractivity contribution in [3.63, 3.8) is 0 Å². The van der Waals surface area contributed by atoms with Crippen molar-refractivity contribution in [2.24, 2.45) is 0 Å². The van der Waals surface area contributed by atoms with Crippen molar-refractivity contribution in [2.75, 3.05) is 11.9 Å². The molecule has 0 radical (unpaired) electrons. The van der Waals surface area contributed by atoms with Crippen LogP contribution in [0.3, 0.4) is 0 Å². The number of carbonyl (C=O) groups excluding carboxylic acids is 1. The molecule has 6 heteroatoms. The molecule has 0 aliphatic heterocycles. The van der Waals surface area contributed by atoms with E-state index >= 15 is 0 Å². The van der Waals surface area contributed by atoms with Gasteiger partial charge >= 0.3 is 12.0 Å². The predicted octanol–water partition coefficient (Wildman–Crippen LogP) is 2.46. The summed E-state index contributed by atoms with van der Waals surface area (Å²) in [6.45, 7) is 5.48. The maximum Gasteiger partial charge on any atom is 0.341 e. The van der Waals surface area contributed by atoms with Gasteiger partial charge in [0.15, 0.2) is 6.61 Å². The molecular weight excluding hydrogens is 260 g/mol. The van der Waals surface area contributed by atoms with Gasteiger partial charge in [-0.2, -0.15) is 0 Å². The molecule has 3 N–H and O–H groups in total. The van der Waals surface area contributed by atoms with Crippen LogP contribution in [0.15, 0.2) is 24.3 Å². The van der Waals surface area contributed by atoms with Crippen molar-refractivity contribution in [1.29, 1.82) is 0 Å². The molecule has 6 nitrogen and oxygen atoms in total. The number of hydrogen-bond donors (Lipinski definition) is 3. The van der Waals surface area contributed by atoms with E-state index in [1.807, 2.05) is 20.8 Å². The first kappa shape index (κ1) is 15.8. The number of benzene rings is 1. The highest BCUT2D eigenvalue weighted by Crippen LogP contribution is 2.16. The van der Waals surface area contributed by atoms with Crippen LogP contribution in [-0.2, 0) is 4.79 Å². The van der Waals surface area contributed by atoms with E-state index in [2.05, 4.69) is 10.6 Å². The average molecular weight is 280 g/mol. The Morgan fingerprint density at radius 2 is 1.85 bits per heavy atom. The highest BCUT2D eigenvalue weighted by atomic mass is 16.5. The summed E-state index contributed by atoms with van der Waals surface area (Å²) in [5.41, 5.74) is 0.339. The normalized spacial score (nSPS) is 10.8. The molecule has 0 aliphatic rings. The van der Waals surface area contributed by atoms with Gasteiger partial charge in [0.05, 0.1) is 0 Å². The number of aliphatic carboxylic acids is 1. The van der Waals surface area contributed by atoms with Gasteiger partial charge < -0.3 is 20.5 Å². The van der Waals surface area contributed by atoms with Crippen molar-refractivity contribution >= 4 is 17.7 Å². The van der Waals surface area contributed by atoms with Gasteiger partial charge in [0.25, 0.3) is 0 Å². The van der Waals surface area contributed by atoms with Gasteiger partial charge in [-0.1, -0.05) is 6.92 Å². The van der Waals surface area contributed by atoms with Crippen molar-refractivity contribution < 1.29 is 19.4 Å². The second-order valence-electron chi connectivity index (χ2n) is 5.02. The largest absolute Gasteiger partial charge is 0.482 e. The number of carboxylic acids is 1. The SMILES string of the molecule is CCC(C)(C)NC(=O)Nc1ccc(OCC(=O)O)cc1. The lowest BCUT2D eigenvalue weighted by Gasteiger charge is -2.24. The van der Waals surface area contributed by atoms with Crippen LogP contribution >= 0.6 is 0 Å². The van der Waals surface area contributed by atoms with E-state index in [4.69, 9.17) is 9.84 Å². The van der Waals surface area contributed by atoms with Gasteiger partial charge in [-0.3, -0.25) is 0 Å². The number of carboxylic acid groups (broad SMARTS) is 1. The Kier molecular flexibility index (Phi) is 5.37. The Morgan fingerprint density at radius 3 is 2.35 bits per heavy atom.